The van der Waals surface area contributed by atoms with E-state index in [1.165, 1.54) is 0 Å². The zero-order chi connectivity index (χ0) is 5.21. The van der Waals surface area contributed by atoms with Gasteiger partial charge in [-0.25, -0.2) is 0 Å². The first-order valence-electron chi connectivity index (χ1n) is 0.919. The van der Waals surface area contributed by atoms with Crippen molar-refractivity contribution in [2.75, 3.05) is 0 Å². The molecule has 0 atom stereocenters. The van der Waals surface area contributed by atoms with Crippen LogP contribution in [0.2, 0.25) is 0 Å². The van der Waals surface area contributed by atoms with Gasteiger partial charge in [-0.15, -0.1) is 0 Å². The molecule has 0 fully saturated rings. The molecule has 0 heterocycles. The SMILES string of the molecule is [O]=[Sb]([OH])([OH])[O]Cl. The minimum absolute atomic E-state index is 3.17. The molecule has 0 radical (unpaired) electrons. The van der Waals surface area contributed by atoms with E-state index in [1.807, 2.05) is 0 Å². The number of hydrogen-bond donors (Lipinski definition) is 2. The summed E-state index contributed by atoms with van der Waals surface area (Å²) in [4.78, 5) is 0. The number of halogens is 1. The topological polar surface area (TPSA) is 66.8 Å². The van der Waals surface area contributed by atoms with Gasteiger partial charge in [-0.1, -0.05) is 0 Å². The molecule has 4 nitrogen and oxygen atoms in total. The third-order valence-corrected chi connectivity index (χ3v) is 1.81. The molecule has 0 aromatic carbocycles. The summed E-state index contributed by atoms with van der Waals surface area (Å²) < 4.78 is 27.9. The molecular formula is H2ClO4Sb. The molecule has 6 heavy (non-hydrogen) atoms. The van der Waals surface area contributed by atoms with Crippen molar-refractivity contribution in [3.8, 4) is 0 Å². The van der Waals surface area contributed by atoms with Crippen LogP contribution in [-0.2, 0) is 5.59 Å². The van der Waals surface area contributed by atoms with Gasteiger partial charge in [0.05, 0.1) is 0 Å². The molecule has 6 heteroatoms. The van der Waals surface area contributed by atoms with E-state index in [-0.39, 0.29) is 0 Å². The Balaban J connectivity index is 3.48. The molecule has 0 saturated carbocycles. The van der Waals surface area contributed by atoms with Crippen molar-refractivity contribution in [2.45, 2.75) is 0 Å². The molecular weight excluding hydrogens is 221 g/mol. The molecule has 0 aliphatic rings. The maximum absolute atomic E-state index is 9.43. The molecule has 38 valence electrons. The normalized spacial score (nSPS) is 11.8. The molecule has 0 rings (SSSR count). The Hall–Kier alpha value is 0.788. The van der Waals surface area contributed by atoms with Crippen LogP contribution in [0.25, 0.3) is 0 Å². The van der Waals surface area contributed by atoms with Gasteiger partial charge in [-0.05, 0) is 0 Å². The van der Waals surface area contributed by atoms with E-state index in [0.29, 0.717) is 0 Å². The molecule has 0 aliphatic carbocycles. The van der Waals surface area contributed by atoms with Crippen molar-refractivity contribution < 1.29 is 12.4 Å². The summed E-state index contributed by atoms with van der Waals surface area (Å²) >= 11 is -0.878. The predicted octanol–water partition coefficient (Wildman–Crippen LogP) is -0.993. The first-order chi connectivity index (χ1) is 2.56. The van der Waals surface area contributed by atoms with Gasteiger partial charge in [-0.3, -0.25) is 0 Å². The Morgan fingerprint density at radius 2 is 1.83 bits per heavy atom. The Morgan fingerprint density at radius 1 is 1.67 bits per heavy atom. The summed E-state index contributed by atoms with van der Waals surface area (Å²) in [6, 6.07) is 0. The molecule has 0 spiro atoms. The van der Waals surface area contributed by atoms with E-state index < -0.39 is 20.1 Å². The van der Waals surface area contributed by atoms with Crippen molar-refractivity contribution in [1.82, 2.24) is 0 Å². The van der Waals surface area contributed by atoms with Gasteiger partial charge in [0.2, 0.25) is 0 Å². The summed E-state index contributed by atoms with van der Waals surface area (Å²) in [5.41, 5.74) is 0. The van der Waals surface area contributed by atoms with Crippen molar-refractivity contribution >= 4 is 31.9 Å². The van der Waals surface area contributed by atoms with Gasteiger partial charge >= 0.3 is 44.3 Å². The fraction of sp³-hybridized carbons (Fsp3) is 0. The van der Waals surface area contributed by atoms with Gasteiger partial charge in [0.1, 0.15) is 0 Å². The Bertz CT molecular complexity index is 71.6. The van der Waals surface area contributed by atoms with E-state index >= 15 is 0 Å². The van der Waals surface area contributed by atoms with Crippen LogP contribution < -0.4 is 0 Å². The van der Waals surface area contributed by atoms with Crippen LogP contribution in [-0.4, -0.2) is 26.8 Å². The molecule has 0 amide bonds. The summed E-state index contributed by atoms with van der Waals surface area (Å²) in [5, 5.41) is 0. The van der Waals surface area contributed by atoms with E-state index in [9.17, 15) is 3.02 Å². The zero-order valence-electron chi connectivity index (χ0n) is 2.54. The van der Waals surface area contributed by atoms with Crippen molar-refractivity contribution in [2.24, 2.45) is 0 Å². The van der Waals surface area contributed by atoms with Crippen LogP contribution in [0, 0.1) is 0 Å². The third-order valence-electron chi connectivity index (χ3n) is 0.0899. The second-order valence-electron chi connectivity index (χ2n) is 0.560. The summed E-state index contributed by atoms with van der Waals surface area (Å²) in [6.07, 6.45) is 0. The van der Waals surface area contributed by atoms with E-state index in [4.69, 9.17) is 6.77 Å². The number of rotatable bonds is 1. The summed E-state index contributed by atoms with van der Waals surface area (Å²) in [7, 11) is 0. The van der Waals surface area contributed by atoms with Crippen molar-refractivity contribution in [3.63, 3.8) is 0 Å². The molecule has 0 aliphatic heterocycles. The van der Waals surface area contributed by atoms with Crippen LogP contribution in [0.1, 0.15) is 0 Å². The molecule has 0 aromatic rings. The first-order valence-corrected chi connectivity index (χ1v) is 5.60. The van der Waals surface area contributed by atoms with Crippen molar-refractivity contribution in [1.29, 1.82) is 0 Å². The predicted molar refractivity (Wildman–Crippen MR) is 17.8 cm³/mol. The summed E-state index contributed by atoms with van der Waals surface area (Å²) in [6.45, 7) is 0. The monoisotopic (exact) mass is 222 g/mol. The molecule has 0 saturated heterocycles. The van der Waals surface area contributed by atoms with E-state index in [0.717, 1.165) is 0 Å². The number of hydrogen-bond acceptors (Lipinski definition) is 2. The van der Waals surface area contributed by atoms with E-state index in [2.05, 4.69) is 14.4 Å². The summed E-state index contributed by atoms with van der Waals surface area (Å²) in [5.74, 6) is 0. The van der Waals surface area contributed by atoms with Crippen LogP contribution in [0.5, 0.6) is 0 Å². The van der Waals surface area contributed by atoms with Crippen LogP contribution in [0.3, 0.4) is 0 Å². The fourth-order valence-electron chi connectivity index (χ4n) is 0. The van der Waals surface area contributed by atoms with Gasteiger partial charge in [0, 0.05) is 0 Å². The van der Waals surface area contributed by atoms with Crippen LogP contribution in [0.15, 0.2) is 0 Å². The second-order valence-corrected chi connectivity index (χ2v) is 4.68. The molecule has 0 bridgehead atoms. The average molecular weight is 223 g/mol. The Kier molecular flexibility index (Phi) is 2.48. The zero-order valence-corrected chi connectivity index (χ0v) is 5.84. The van der Waals surface area contributed by atoms with Crippen LogP contribution >= 0.6 is 11.9 Å². The molecule has 0 aromatic heterocycles. The van der Waals surface area contributed by atoms with Crippen LogP contribution in [0.4, 0.5) is 0 Å². The fourth-order valence-corrected chi connectivity index (χ4v) is 0. The maximum atomic E-state index is 9.43. The van der Waals surface area contributed by atoms with Gasteiger partial charge in [0.25, 0.3) is 0 Å². The first kappa shape index (κ1) is 6.79. The van der Waals surface area contributed by atoms with Gasteiger partial charge in [-0.2, -0.15) is 0 Å². The average Bonchev–Trinajstić information content (AvgIpc) is 1.35. The van der Waals surface area contributed by atoms with Crippen molar-refractivity contribution in [3.05, 3.63) is 0 Å². The third kappa shape index (κ3) is 4.79. The molecule has 2 N–H and O–H groups in total. The van der Waals surface area contributed by atoms with Gasteiger partial charge in [0.15, 0.2) is 0 Å². The Labute approximate surface area is 44.6 Å². The van der Waals surface area contributed by atoms with Gasteiger partial charge < -0.3 is 0 Å². The quantitative estimate of drug-likeness (QED) is 0.560. The molecule has 0 unspecified atom stereocenters. The second kappa shape index (κ2) is 2.19. The van der Waals surface area contributed by atoms with E-state index in [1.54, 1.807) is 0 Å². The standard InChI is InChI=1S/ClO.2H2O.O.Sb/c1-2;;;;/h;2*1H2;;/q-1;;;;+3/p-2. The minimum atomic E-state index is -5.13. The Morgan fingerprint density at radius 3 is 1.83 bits per heavy atom.